The normalized spacial score (nSPS) is 11.0. The Hall–Kier alpha value is -1.54. The molecule has 0 fully saturated rings. The fraction of sp³-hybridized carbons (Fsp3) is 0.438. The standard InChI is InChI=1S/C16H20BrN3O3S/c1-4-20-14(18-19-16(20)24-9-15(21)22)8-23-13-6-5-11(10(2)3)7-12(13)17/h5-7,10H,4,8-9H2,1-3H3,(H,21,22). The third-order valence-electron chi connectivity index (χ3n) is 3.41. The highest BCUT2D eigenvalue weighted by Gasteiger charge is 2.14. The average molecular weight is 414 g/mol. The number of carbonyl (C=O) groups is 1. The number of thioether (sulfide) groups is 1. The van der Waals surface area contributed by atoms with Crippen LogP contribution in [-0.4, -0.2) is 31.6 Å². The number of aliphatic carboxylic acids is 1. The number of hydrogen-bond acceptors (Lipinski definition) is 5. The molecule has 2 rings (SSSR count). The van der Waals surface area contributed by atoms with Gasteiger partial charge in [0.15, 0.2) is 11.0 Å². The zero-order chi connectivity index (χ0) is 17.7. The van der Waals surface area contributed by atoms with Crippen LogP contribution >= 0.6 is 27.7 Å². The highest BCUT2D eigenvalue weighted by molar-refractivity contribution is 9.10. The summed E-state index contributed by atoms with van der Waals surface area (Å²) in [5, 5.41) is 17.5. The van der Waals surface area contributed by atoms with Crippen molar-refractivity contribution in [3.8, 4) is 5.75 Å². The highest BCUT2D eigenvalue weighted by Crippen LogP contribution is 2.29. The van der Waals surface area contributed by atoms with E-state index >= 15 is 0 Å². The molecule has 6 nitrogen and oxygen atoms in total. The van der Waals surface area contributed by atoms with E-state index in [1.807, 2.05) is 23.6 Å². The van der Waals surface area contributed by atoms with Crippen LogP contribution in [0.15, 0.2) is 27.8 Å². The molecule has 1 aromatic carbocycles. The summed E-state index contributed by atoms with van der Waals surface area (Å²) in [6.45, 7) is 7.17. The molecule has 130 valence electrons. The van der Waals surface area contributed by atoms with Gasteiger partial charge in [0.1, 0.15) is 12.4 Å². The van der Waals surface area contributed by atoms with Crippen LogP contribution in [0.4, 0.5) is 0 Å². The first-order valence-electron chi connectivity index (χ1n) is 7.61. The summed E-state index contributed by atoms with van der Waals surface area (Å²) in [6, 6.07) is 6.04. The lowest BCUT2D eigenvalue weighted by Crippen LogP contribution is -2.08. The van der Waals surface area contributed by atoms with Crippen LogP contribution in [0, 0.1) is 0 Å². The van der Waals surface area contributed by atoms with Crippen LogP contribution in [0.5, 0.6) is 5.75 Å². The Balaban J connectivity index is 2.08. The predicted octanol–water partition coefficient (Wildman–Crippen LogP) is 3.94. The van der Waals surface area contributed by atoms with Gasteiger partial charge in [-0.1, -0.05) is 31.7 Å². The molecule has 0 bridgehead atoms. The molecule has 0 aliphatic carbocycles. The molecule has 24 heavy (non-hydrogen) atoms. The molecule has 0 radical (unpaired) electrons. The van der Waals surface area contributed by atoms with Gasteiger partial charge in [-0.2, -0.15) is 0 Å². The van der Waals surface area contributed by atoms with Crippen molar-refractivity contribution in [1.82, 2.24) is 14.8 Å². The number of aromatic nitrogens is 3. The summed E-state index contributed by atoms with van der Waals surface area (Å²) in [5.74, 6) is 0.946. The van der Waals surface area contributed by atoms with Crippen molar-refractivity contribution in [2.45, 2.75) is 45.0 Å². The molecular weight excluding hydrogens is 394 g/mol. The lowest BCUT2D eigenvalue weighted by molar-refractivity contribution is -0.133. The number of nitrogens with zero attached hydrogens (tertiary/aromatic N) is 3. The fourth-order valence-corrected chi connectivity index (χ4v) is 3.36. The van der Waals surface area contributed by atoms with Gasteiger partial charge in [-0.15, -0.1) is 10.2 Å². The van der Waals surface area contributed by atoms with Crippen LogP contribution in [-0.2, 0) is 17.9 Å². The largest absolute Gasteiger partial charge is 0.484 e. The molecule has 1 aromatic heterocycles. The van der Waals surface area contributed by atoms with Crippen LogP contribution in [0.2, 0.25) is 0 Å². The zero-order valence-corrected chi connectivity index (χ0v) is 16.2. The molecule has 0 unspecified atom stereocenters. The SMILES string of the molecule is CCn1c(COc2ccc(C(C)C)cc2Br)nnc1SCC(=O)O. The summed E-state index contributed by atoms with van der Waals surface area (Å²) < 4.78 is 8.61. The number of ether oxygens (including phenoxy) is 1. The van der Waals surface area contributed by atoms with Crippen LogP contribution in [0.25, 0.3) is 0 Å². The van der Waals surface area contributed by atoms with E-state index in [0.29, 0.717) is 23.4 Å². The summed E-state index contributed by atoms with van der Waals surface area (Å²) in [6.07, 6.45) is 0. The Morgan fingerprint density at radius 1 is 1.42 bits per heavy atom. The molecule has 0 aliphatic rings. The molecule has 8 heteroatoms. The number of carboxylic acids is 1. The summed E-state index contributed by atoms with van der Waals surface area (Å²) in [5.41, 5.74) is 1.23. The first kappa shape index (κ1) is 18.8. The maximum absolute atomic E-state index is 10.7. The van der Waals surface area contributed by atoms with Crippen LogP contribution in [0.1, 0.15) is 38.1 Å². The second kappa shape index (κ2) is 8.53. The molecule has 1 heterocycles. The summed E-state index contributed by atoms with van der Waals surface area (Å²) >= 11 is 4.69. The van der Waals surface area contributed by atoms with Gasteiger partial charge in [0.2, 0.25) is 0 Å². The monoisotopic (exact) mass is 413 g/mol. The van der Waals surface area contributed by atoms with Gasteiger partial charge in [0.25, 0.3) is 0 Å². The molecule has 0 saturated carbocycles. The Bertz CT molecular complexity index is 719. The van der Waals surface area contributed by atoms with E-state index in [4.69, 9.17) is 9.84 Å². The maximum atomic E-state index is 10.7. The van der Waals surface area contributed by atoms with Gasteiger partial charge in [-0.3, -0.25) is 4.79 Å². The van der Waals surface area contributed by atoms with Crippen molar-refractivity contribution in [3.05, 3.63) is 34.1 Å². The van der Waals surface area contributed by atoms with Gasteiger partial charge >= 0.3 is 5.97 Å². The van der Waals surface area contributed by atoms with E-state index in [9.17, 15) is 4.79 Å². The highest BCUT2D eigenvalue weighted by atomic mass is 79.9. The van der Waals surface area contributed by atoms with Crippen molar-refractivity contribution in [2.75, 3.05) is 5.75 Å². The van der Waals surface area contributed by atoms with Gasteiger partial charge < -0.3 is 14.4 Å². The first-order valence-corrected chi connectivity index (χ1v) is 9.39. The minimum atomic E-state index is -0.877. The lowest BCUT2D eigenvalue weighted by atomic mass is 10.0. The Labute approximate surface area is 153 Å². The minimum absolute atomic E-state index is 0.0405. The fourth-order valence-electron chi connectivity index (χ4n) is 2.11. The Morgan fingerprint density at radius 2 is 2.17 bits per heavy atom. The smallest absolute Gasteiger partial charge is 0.313 e. The molecule has 0 atom stereocenters. The number of carboxylic acid groups (broad SMARTS) is 1. The number of benzene rings is 1. The number of halogens is 1. The van der Waals surface area contributed by atoms with Crippen molar-refractivity contribution < 1.29 is 14.6 Å². The minimum Gasteiger partial charge on any atom is -0.484 e. The van der Waals surface area contributed by atoms with E-state index < -0.39 is 5.97 Å². The van der Waals surface area contributed by atoms with E-state index in [1.54, 1.807) is 0 Å². The maximum Gasteiger partial charge on any atom is 0.313 e. The van der Waals surface area contributed by atoms with Gasteiger partial charge in [-0.25, -0.2) is 0 Å². The molecule has 0 amide bonds. The number of hydrogen-bond donors (Lipinski definition) is 1. The summed E-state index contributed by atoms with van der Waals surface area (Å²) in [7, 11) is 0. The molecule has 0 saturated heterocycles. The molecule has 2 aromatic rings. The molecule has 0 spiro atoms. The lowest BCUT2D eigenvalue weighted by Gasteiger charge is -2.12. The van der Waals surface area contributed by atoms with E-state index in [2.05, 4.69) is 46.0 Å². The molecule has 0 aliphatic heterocycles. The molecule has 1 N–H and O–H groups in total. The van der Waals surface area contributed by atoms with Crippen molar-refractivity contribution in [2.24, 2.45) is 0 Å². The molecular formula is C16H20BrN3O3S. The van der Waals surface area contributed by atoms with E-state index in [1.165, 1.54) is 5.56 Å². The van der Waals surface area contributed by atoms with Gasteiger partial charge in [0.05, 0.1) is 10.2 Å². The van der Waals surface area contributed by atoms with Crippen molar-refractivity contribution in [3.63, 3.8) is 0 Å². The Kier molecular flexibility index (Phi) is 6.68. The second-order valence-corrected chi connectivity index (χ2v) is 7.26. The van der Waals surface area contributed by atoms with E-state index in [0.717, 1.165) is 22.0 Å². The Morgan fingerprint density at radius 3 is 2.75 bits per heavy atom. The van der Waals surface area contributed by atoms with Gasteiger partial charge in [0, 0.05) is 6.54 Å². The third kappa shape index (κ3) is 4.73. The zero-order valence-electron chi connectivity index (χ0n) is 13.8. The predicted molar refractivity (Wildman–Crippen MR) is 96.6 cm³/mol. The van der Waals surface area contributed by atoms with Crippen LogP contribution in [0.3, 0.4) is 0 Å². The quantitative estimate of drug-likeness (QED) is 0.660. The van der Waals surface area contributed by atoms with Gasteiger partial charge in [-0.05, 0) is 46.5 Å². The second-order valence-electron chi connectivity index (χ2n) is 5.46. The average Bonchev–Trinajstić information content (AvgIpc) is 2.93. The van der Waals surface area contributed by atoms with E-state index in [-0.39, 0.29) is 12.4 Å². The first-order chi connectivity index (χ1) is 11.4. The third-order valence-corrected chi connectivity index (χ3v) is 4.99. The van der Waals surface area contributed by atoms with Crippen molar-refractivity contribution >= 4 is 33.7 Å². The topological polar surface area (TPSA) is 77.2 Å². The van der Waals surface area contributed by atoms with Crippen LogP contribution < -0.4 is 4.74 Å². The summed E-state index contributed by atoms with van der Waals surface area (Å²) in [4.78, 5) is 10.7. The van der Waals surface area contributed by atoms with Crippen molar-refractivity contribution in [1.29, 1.82) is 0 Å². The number of rotatable bonds is 8.